The molecule has 7 heteroatoms. The summed E-state index contributed by atoms with van der Waals surface area (Å²) in [5.74, 6) is -1.16. The number of nitrogens with one attached hydrogen (secondary N) is 1. The van der Waals surface area contributed by atoms with Crippen molar-refractivity contribution in [2.24, 2.45) is 0 Å². The minimum Gasteiger partial charge on any atom is -0.477 e. The number of carboxylic acid groups (broad SMARTS) is 1. The zero-order valence-corrected chi connectivity index (χ0v) is 13.3. The quantitative estimate of drug-likeness (QED) is 0.765. The number of benzene rings is 1. The van der Waals surface area contributed by atoms with Gasteiger partial charge in [0.1, 0.15) is 15.5 Å². The van der Waals surface area contributed by atoms with Gasteiger partial charge < -0.3 is 14.8 Å². The Bertz CT molecular complexity index is 864. The Labute approximate surface area is 135 Å². The van der Waals surface area contributed by atoms with Crippen molar-refractivity contribution in [3.05, 3.63) is 51.7 Å². The molecule has 118 valence electrons. The fraction of sp³-hybridized carbons (Fsp3) is 0.188. The summed E-state index contributed by atoms with van der Waals surface area (Å²) in [6, 6.07) is 8.62. The number of thiazole rings is 1. The number of aryl methyl sites for hydroxylation is 1. The first-order valence-corrected chi connectivity index (χ1v) is 7.77. The molecule has 0 spiro atoms. The molecular formula is C16H14N2O4S. The fourth-order valence-electron chi connectivity index (χ4n) is 2.22. The van der Waals surface area contributed by atoms with Crippen molar-refractivity contribution in [2.75, 3.05) is 0 Å². The van der Waals surface area contributed by atoms with Crippen LogP contribution in [0.1, 0.15) is 43.9 Å². The summed E-state index contributed by atoms with van der Waals surface area (Å²) in [7, 11) is 0. The molecule has 1 atom stereocenters. The van der Waals surface area contributed by atoms with Crippen LogP contribution in [0.15, 0.2) is 34.7 Å². The van der Waals surface area contributed by atoms with Crippen LogP contribution in [0.2, 0.25) is 0 Å². The van der Waals surface area contributed by atoms with E-state index in [0.717, 1.165) is 16.7 Å². The lowest BCUT2D eigenvalue weighted by atomic mass is 10.2. The number of hydrogen-bond acceptors (Lipinski definition) is 5. The van der Waals surface area contributed by atoms with Crippen molar-refractivity contribution in [3.8, 4) is 0 Å². The molecule has 2 aromatic heterocycles. The maximum absolute atomic E-state index is 12.3. The predicted molar refractivity (Wildman–Crippen MR) is 85.9 cm³/mol. The summed E-state index contributed by atoms with van der Waals surface area (Å²) in [5, 5.41) is 13.2. The summed E-state index contributed by atoms with van der Waals surface area (Å²) >= 11 is 1.06. The predicted octanol–water partition coefficient (Wildman–Crippen LogP) is 3.39. The van der Waals surface area contributed by atoms with E-state index in [1.54, 1.807) is 26.0 Å². The van der Waals surface area contributed by atoms with Crippen LogP contribution in [0, 0.1) is 6.92 Å². The van der Waals surface area contributed by atoms with Gasteiger partial charge in [-0.1, -0.05) is 18.2 Å². The molecule has 6 nitrogen and oxygen atoms in total. The van der Waals surface area contributed by atoms with Crippen molar-refractivity contribution in [2.45, 2.75) is 19.9 Å². The van der Waals surface area contributed by atoms with Crippen LogP contribution in [0.25, 0.3) is 11.0 Å². The number of hydrogen-bond donors (Lipinski definition) is 2. The van der Waals surface area contributed by atoms with E-state index in [4.69, 9.17) is 9.52 Å². The van der Waals surface area contributed by atoms with E-state index in [1.807, 2.05) is 18.2 Å². The van der Waals surface area contributed by atoms with Gasteiger partial charge >= 0.3 is 5.97 Å². The van der Waals surface area contributed by atoms with Crippen LogP contribution in [-0.4, -0.2) is 22.0 Å². The lowest BCUT2D eigenvalue weighted by molar-refractivity contribution is 0.0701. The van der Waals surface area contributed by atoms with Gasteiger partial charge in [0.15, 0.2) is 5.76 Å². The van der Waals surface area contributed by atoms with E-state index in [2.05, 4.69) is 10.3 Å². The van der Waals surface area contributed by atoms with Gasteiger partial charge in [0.25, 0.3) is 5.91 Å². The lowest BCUT2D eigenvalue weighted by Crippen LogP contribution is -2.26. The third-order valence-corrected chi connectivity index (χ3v) is 4.70. The molecule has 0 aliphatic rings. The monoisotopic (exact) mass is 330 g/mol. The highest BCUT2D eigenvalue weighted by Gasteiger charge is 2.21. The molecule has 0 bridgehead atoms. The summed E-state index contributed by atoms with van der Waals surface area (Å²) in [6.07, 6.45) is 0. The van der Waals surface area contributed by atoms with E-state index in [0.29, 0.717) is 16.3 Å². The molecule has 3 aromatic rings. The van der Waals surface area contributed by atoms with E-state index < -0.39 is 12.0 Å². The highest BCUT2D eigenvalue weighted by Crippen LogP contribution is 2.24. The number of para-hydroxylation sites is 1. The standard InChI is InChI=1S/C16H14N2O4S/c1-8-13(16(20)21)23-15(18-8)9(2)17-14(19)12-7-10-5-3-4-6-11(10)22-12/h3-7,9H,1-2H3,(H,17,19)(H,20,21)/t9-/m1/s1. The second kappa shape index (κ2) is 5.85. The first-order chi connectivity index (χ1) is 11.0. The summed E-state index contributed by atoms with van der Waals surface area (Å²) < 4.78 is 5.51. The number of carboxylic acids is 1. The molecule has 0 aliphatic carbocycles. The summed E-state index contributed by atoms with van der Waals surface area (Å²) in [6.45, 7) is 3.39. The van der Waals surface area contributed by atoms with Crippen LogP contribution in [0.4, 0.5) is 0 Å². The van der Waals surface area contributed by atoms with Crippen LogP contribution in [-0.2, 0) is 0 Å². The normalized spacial score (nSPS) is 12.3. The number of amides is 1. The molecule has 0 radical (unpaired) electrons. The van der Waals surface area contributed by atoms with Crippen molar-refractivity contribution in [3.63, 3.8) is 0 Å². The maximum Gasteiger partial charge on any atom is 0.347 e. The molecular weight excluding hydrogens is 316 g/mol. The topological polar surface area (TPSA) is 92.4 Å². The summed E-state index contributed by atoms with van der Waals surface area (Å²) in [5.41, 5.74) is 1.09. The Morgan fingerprint density at radius 1 is 1.35 bits per heavy atom. The molecule has 0 unspecified atom stereocenters. The average molecular weight is 330 g/mol. The summed E-state index contributed by atoms with van der Waals surface area (Å²) in [4.78, 5) is 27.7. The smallest absolute Gasteiger partial charge is 0.347 e. The molecule has 2 heterocycles. The molecule has 3 rings (SSSR count). The maximum atomic E-state index is 12.3. The van der Waals surface area contributed by atoms with Gasteiger partial charge in [-0.2, -0.15) is 0 Å². The van der Waals surface area contributed by atoms with Crippen LogP contribution >= 0.6 is 11.3 Å². The Hall–Kier alpha value is -2.67. The van der Waals surface area contributed by atoms with E-state index in [1.165, 1.54) is 0 Å². The number of furan rings is 1. The van der Waals surface area contributed by atoms with Crippen LogP contribution in [0.3, 0.4) is 0 Å². The Morgan fingerprint density at radius 3 is 2.74 bits per heavy atom. The third-order valence-electron chi connectivity index (χ3n) is 3.37. The SMILES string of the molecule is Cc1nc([C@@H](C)NC(=O)c2cc3ccccc3o2)sc1C(=O)O. The molecule has 2 N–H and O–H groups in total. The molecule has 0 fully saturated rings. The van der Waals surface area contributed by atoms with Gasteiger partial charge in [-0.25, -0.2) is 9.78 Å². The van der Waals surface area contributed by atoms with Crippen molar-refractivity contribution in [1.82, 2.24) is 10.3 Å². The van der Waals surface area contributed by atoms with E-state index in [-0.39, 0.29) is 16.5 Å². The zero-order valence-electron chi connectivity index (χ0n) is 12.5. The number of rotatable bonds is 4. The van der Waals surface area contributed by atoms with Gasteiger partial charge in [0.05, 0.1) is 11.7 Å². The second-order valence-corrected chi connectivity index (χ2v) is 6.15. The van der Waals surface area contributed by atoms with Crippen LogP contribution in [0.5, 0.6) is 0 Å². The van der Waals surface area contributed by atoms with Gasteiger partial charge in [0, 0.05) is 5.39 Å². The Morgan fingerprint density at radius 2 is 2.09 bits per heavy atom. The number of nitrogens with zero attached hydrogens (tertiary/aromatic N) is 1. The highest BCUT2D eigenvalue weighted by atomic mass is 32.1. The van der Waals surface area contributed by atoms with Gasteiger partial charge in [-0.3, -0.25) is 4.79 Å². The first kappa shape index (κ1) is 15.2. The molecule has 1 aromatic carbocycles. The van der Waals surface area contributed by atoms with Crippen LogP contribution < -0.4 is 5.32 Å². The van der Waals surface area contributed by atoms with Gasteiger partial charge in [-0.15, -0.1) is 11.3 Å². The average Bonchev–Trinajstić information content (AvgIpc) is 3.10. The number of aromatic nitrogens is 1. The molecule has 23 heavy (non-hydrogen) atoms. The number of fused-ring (bicyclic) bond motifs is 1. The van der Waals surface area contributed by atoms with Crippen molar-refractivity contribution < 1.29 is 19.1 Å². The lowest BCUT2D eigenvalue weighted by Gasteiger charge is -2.09. The largest absolute Gasteiger partial charge is 0.477 e. The molecule has 1 amide bonds. The molecule has 0 saturated heterocycles. The first-order valence-electron chi connectivity index (χ1n) is 6.95. The van der Waals surface area contributed by atoms with Crippen molar-refractivity contribution >= 4 is 34.2 Å². The van der Waals surface area contributed by atoms with Gasteiger partial charge in [-0.05, 0) is 26.0 Å². The van der Waals surface area contributed by atoms with E-state index >= 15 is 0 Å². The molecule has 0 saturated carbocycles. The van der Waals surface area contributed by atoms with E-state index in [9.17, 15) is 9.59 Å². The third kappa shape index (κ3) is 2.95. The number of aromatic carboxylic acids is 1. The highest BCUT2D eigenvalue weighted by molar-refractivity contribution is 7.13. The van der Waals surface area contributed by atoms with Crippen molar-refractivity contribution in [1.29, 1.82) is 0 Å². The van der Waals surface area contributed by atoms with Gasteiger partial charge in [0.2, 0.25) is 0 Å². The second-order valence-electron chi connectivity index (χ2n) is 5.12. The zero-order chi connectivity index (χ0) is 16.6. The number of carbonyl (C=O) groups excluding carboxylic acids is 1. The Kier molecular flexibility index (Phi) is 3.87. The fourth-order valence-corrected chi connectivity index (χ4v) is 3.13. The minimum atomic E-state index is -1.01. The minimum absolute atomic E-state index is 0.185. The Balaban J connectivity index is 1.79. The number of carbonyl (C=O) groups is 2. The molecule has 0 aliphatic heterocycles.